The normalized spacial score (nSPS) is 13.5. The van der Waals surface area contributed by atoms with Crippen LogP contribution in [0.3, 0.4) is 0 Å². The van der Waals surface area contributed by atoms with Crippen molar-refractivity contribution < 1.29 is 9.53 Å². The summed E-state index contributed by atoms with van der Waals surface area (Å²) in [6.45, 7) is 0.709. The minimum absolute atomic E-state index is 0.0431. The van der Waals surface area contributed by atoms with Gasteiger partial charge in [0.15, 0.2) is 11.4 Å². The van der Waals surface area contributed by atoms with Crippen molar-refractivity contribution in [1.82, 2.24) is 4.57 Å². The largest absolute Gasteiger partial charge is 0.482 e. The highest BCUT2D eigenvalue weighted by Gasteiger charge is 2.18. The maximum atomic E-state index is 11.8. The maximum absolute atomic E-state index is 11.8. The lowest BCUT2D eigenvalue weighted by atomic mass is 10.1. The molecule has 1 aliphatic heterocycles. The number of halogens is 1. The van der Waals surface area contributed by atoms with Crippen molar-refractivity contribution in [2.45, 2.75) is 6.54 Å². The molecule has 0 aliphatic carbocycles. The second-order valence-corrected chi connectivity index (χ2v) is 8.39. The number of anilines is 1. The van der Waals surface area contributed by atoms with E-state index in [1.54, 1.807) is 11.3 Å². The Balaban J connectivity index is 1.63. The van der Waals surface area contributed by atoms with E-state index in [1.807, 2.05) is 60.7 Å². The molecule has 31 heavy (non-hydrogen) atoms. The van der Waals surface area contributed by atoms with Gasteiger partial charge in [0.2, 0.25) is 0 Å². The summed E-state index contributed by atoms with van der Waals surface area (Å²) in [6.07, 6.45) is 0. The maximum Gasteiger partial charge on any atom is 0.262 e. The Morgan fingerprint density at radius 2 is 1.94 bits per heavy atom. The predicted molar refractivity (Wildman–Crippen MR) is 124 cm³/mol. The lowest BCUT2D eigenvalue weighted by Crippen LogP contribution is -2.25. The van der Waals surface area contributed by atoms with Gasteiger partial charge in [-0.15, -0.1) is 11.3 Å². The molecule has 1 amide bonds. The summed E-state index contributed by atoms with van der Waals surface area (Å²) in [5, 5.41) is 5.62. The number of aromatic nitrogens is 1. The molecule has 4 aromatic rings. The van der Waals surface area contributed by atoms with Gasteiger partial charge in [0.25, 0.3) is 5.91 Å². The third kappa shape index (κ3) is 4.26. The Bertz CT molecular complexity index is 1330. The summed E-state index contributed by atoms with van der Waals surface area (Å²) in [5.41, 5.74) is 4.64. The zero-order valence-electron chi connectivity index (χ0n) is 16.4. The average Bonchev–Trinajstić information content (AvgIpc) is 3.16. The second-order valence-electron chi connectivity index (χ2n) is 7.11. The van der Waals surface area contributed by atoms with Gasteiger partial charge in [-0.25, -0.2) is 4.99 Å². The first-order valence-corrected chi connectivity index (χ1v) is 11.0. The molecule has 0 unspecified atom stereocenters. The Hall–Kier alpha value is -3.35. The first-order chi connectivity index (χ1) is 15.2. The van der Waals surface area contributed by atoms with Gasteiger partial charge in [0, 0.05) is 16.0 Å². The number of hydrogen-bond donors (Lipinski definition) is 1. The highest BCUT2D eigenvalue weighted by atomic mass is 35.5. The van der Waals surface area contributed by atoms with Gasteiger partial charge in [0.05, 0.1) is 23.6 Å². The van der Waals surface area contributed by atoms with Gasteiger partial charge in [0.1, 0.15) is 5.75 Å². The second kappa shape index (κ2) is 8.41. The molecule has 5 nitrogen and oxygen atoms in total. The van der Waals surface area contributed by atoms with E-state index in [9.17, 15) is 4.79 Å². The van der Waals surface area contributed by atoms with Crippen molar-refractivity contribution in [2.24, 2.45) is 4.99 Å². The number of carbonyl (C=O) groups is 1. The standard InChI is InChI=1S/C24H18ClN3O2S/c25-18-7-4-8-19(12-18)26-24-28(13-16-5-2-1-3-6-16)21(15-31-24)17-9-10-22-20(11-17)27-23(29)14-30-22/h1-12,15H,13-14H2,(H,27,29). The fraction of sp³-hybridized carbons (Fsp3) is 0.0833. The number of carbonyl (C=O) groups excluding carboxylic acids is 1. The number of nitrogens with zero attached hydrogens (tertiary/aromatic N) is 2. The van der Waals surface area contributed by atoms with E-state index in [-0.39, 0.29) is 12.5 Å². The number of ether oxygens (including phenoxy) is 1. The molecular weight excluding hydrogens is 430 g/mol. The van der Waals surface area contributed by atoms with E-state index < -0.39 is 0 Å². The zero-order chi connectivity index (χ0) is 21.2. The molecule has 7 heteroatoms. The molecule has 0 saturated carbocycles. The predicted octanol–water partition coefficient (Wildman–Crippen LogP) is 5.48. The molecule has 0 spiro atoms. The number of benzene rings is 3. The van der Waals surface area contributed by atoms with Crippen LogP contribution in [0.15, 0.2) is 83.2 Å². The molecule has 1 N–H and O–H groups in total. The monoisotopic (exact) mass is 447 g/mol. The quantitative estimate of drug-likeness (QED) is 0.450. The van der Waals surface area contributed by atoms with E-state index in [0.29, 0.717) is 23.0 Å². The topological polar surface area (TPSA) is 55.6 Å². The van der Waals surface area contributed by atoms with Gasteiger partial charge in [-0.1, -0.05) is 48.0 Å². The summed E-state index contributed by atoms with van der Waals surface area (Å²) in [5.74, 6) is 0.529. The van der Waals surface area contributed by atoms with Gasteiger partial charge in [-0.05, 0) is 42.0 Å². The minimum atomic E-state index is -0.149. The van der Waals surface area contributed by atoms with E-state index in [1.165, 1.54) is 5.56 Å². The molecule has 0 bridgehead atoms. The van der Waals surface area contributed by atoms with E-state index >= 15 is 0 Å². The Morgan fingerprint density at radius 3 is 2.77 bits per heavy atom. The van der Waals surface area contributed by atoms with Crippen LogP contribution in [0.1, 0.15) is 5.56 Å². The van der Waals surface area contributed by atoms with Crippen molar-refractivity contribution in [2.75, 3.05) is 11.9 Å². The summed E-state index contributed by atoms with van der Waals surface area (Å²) in [4.78, 5) is 17.5. The Kier molecular flexibility index (Phi) is 5.32. The smallest absolute Gasteiger partial charge is 0.262 e. The van der Waals surface area contributed by atoms with Crippen LogP contribution in [0.4, 0.5) is 11.4 Å². The van der Waals surface area contributed by atoms with Crippen LogP contribution >= 0.6 is 22.9 Å². The van der Waals surface area contributed by atoms with Crippen LogP contribution in [0, 0.1) is 0 Å². The van der Waals surface area contributed by atoms with Crippen molar-refractivity contribution in [3.63, 3.8) is 0 Å². The van der Waals surface area contributed by atoms with Crippen LogP contribution in [-0.4, -0.2) is 17.1 Å². The number of rotatable bonds is 4. The van der Waals surface area contributed by atoms with Crippen LogP contribution in [0.2, 0.25) is 5.02 Å². The third-order valence-corrected chi connectivity index (χ3v) is 6.02. The van der Waals surface area contributed by atoms with Crippen molar-refractivity contribution >= 4 is 40.2 Å². The fourth-order valence-electron chi connectivity index (χ4n) is 3.47. The number of hydrogen-bond acceptors (Lipinski definition) is 4. The highest BCUT2D eigenvalue weighted by molar-refractivity contribution is 7.07. The van der Waals surface area contributed by atoms with Crippen molar-refractivity contribution in [3.8, 4) is 17.0 Å². The average molecular weight is 448 g/mol. The number of fused-ring (bicyclic) bond motifs is 1. The van der Waals surface area contributed by atoms with Gasteiger partial charge < -0.3 is 14.6 Å². The third-order valence-electron chi connectivity index (χ3n) is 4.92. The molecule has 1 aromatic heterocycles. The number of amides is 1. The molecule has 0 fully saturated rings. The zero-order valence-corrected chi connectivity index (χ0v) is 18.0. The lowest BCUT2D eigenvalue weighted by molar-refractivity contribution is -0.118. The van der Waals surface area contributed by atoms with Gasteiger partial charge in [-0.3, -0.25) is 4.79 Å². The van der Waals surface area contributed by atoms with Crippen LogP contribution in [0.5, 0.6) is 5.75 Å². The molecule has 0 saturated heterocycles. The first-order valence-electron chi connectivity index (χ1n) is 9.75. The summed E-state index contributed by atoms with van der Waals surface area (Å²) >= 11 is 7.71. The molecular formula is C24H18ClN3O2S. The number of nitrogens with one attached hydrogen (secondary N) is 1. The molecule has 154 valence electrons. The Labute approximate surface area is 188 Å². The minimum Gasteiger partial charge on any atom is -0.482 e. The summed E-state index contributed by atoms with van der Waals surface area (Å²) < 4.78 is 7.68. The molecule has 1 aliphatic rings. The highest BCUT2D eigenvalue weighted by Crippen LogP contribution is 2.33. The first kappa shape index (κ1) is 19.6. The molecule has 5 rings (SSSR count). The van der Waals surface area contributed by atoms with Crippen LogP contribution < -0.4 is 14.9 Å². The number of thiazole rings is 1. The molecule has 3 aromatic carbocycles. The van der Waals surface area contributed by atoms with Crippen molar-refractivity contribution in [3.05, 3.63) is 93.6 Å². The molecule has 2 heterocycles. The van der Waals surface area contributed by atoms with E-state index in [0.717, 1.165) is 21.7 Å². The van der Waals surface area contributed by atoms with Gasteiger partial charge in [-0.2, -0.15) is 0 Å². The summed E-state index contributed by atoms with van der Waals surface area (Å²) in [7, 11) is 0. The molecule has 0 atom stereocenters. The summed E-state index contributed by atoms with van der Waals surface area (Å²) in [6, 6.07) is 23.6. The SMILES string of the molecule is O=C1COc2ccc(-c3csc(=Nc4cccc(Cl)c4)n3Cc3ccccc3)cc2N1. The van der Waals surface area contributed by atoms with E-state index in [4.69, 9.17) is 21.3 Å². The van der Waals surface area contributed by atoms with Crippen molar-refractivity contribution in [1.29, 1.82) is 0 Å². The molecule has 0 radical (unpaired) electrons. The van der Waals surface area contributed by atoms with Gasteiger partial charge >= 0.3 is 0 Å². The Morgan fingerprint density at radius 1 is 1.06 bits per heavy atom. The van der Waals surface area contributed by atoms with Crippen LogP contribution in [-0.2, 0) is 11.3 Å². The van der Waals surface area contributed by atoms with E-state index in [2.05, 4.69) is 27.4 Å². The van der Waals surface area contributed by atoms with Crippen LogP contribution in [0.25, 0.3) is 11.3 Å². The fourth-order valence-corrected chi connectivity index (χ4v) is 4.58. The lowest BCUT2D eigenvalue weighted by Gasteiger charge is -2.19.